The minimum atomic E-state index is 0.899. The lowest BCUT2D eigenvalue weighted by Crippen LogP contribution is -2.28. The van der Waals surface area contributed by atoms with Crippen LogP contribution in [0.25, 0.3) is 0 Å². The van der Waals surface area contributed by atoms with Gasteiger partial charge in [-0.15, -0.1) is 11.8 Å². The van der Waals surface area contributed by atoms with Crippen LogP contribution in [0.1, 0.15) is 31.2 Å². The number of piperidine rings is 1. The molecule has 0 aromatic heterocycles. The van der Waals surface area contributed by atoms with Gasteiger partial charge in [-0.3, -0.25) is 0 Å². The summed E-state index contributed by atoms with van der Waals surface area (Å²) in [6.07, 6.45) is 6.88. The summed E-state index contributed by atoms with van der Waals surface area (Å²) in [6.45, 7) is 2.42. The molecular weight excluding hydrogens is 238 g/mol. The van der Waals surface area contributed by atoms with Gasteiger partial charge in [-0.25, -0.2) is 0 Å². The first-order chi connectivity index (χ1) is 8.90. The minimum absolute atomic E-state index is 0.899. The highest BCUT2D eigenvalue weighted by atomic mass is 32.2. The maximum absolute atomic E-state index is 3.44. The Balaban J connectivity index is 1.49. The first-order valence-electron chi connectivity index (χ1n) is 7.32. The average Bonchev–Trinajstić information content (AvgIpc) is 3.23. The molecule has 0 unspecified atom stereocenters. The SMILES string of the molecule is c1cc(SCC2CC2)ccc1CC1CCNCC1. The summed E-state index contributed by atoms with van der Waals surface area (Å²) < 4.78 is 0. The third-order valence-electron chi connectivity index (χ3n) is 4.09. The first-order valence-corrected chi connectivity index (χ1v) is 8.31. The van der Waals surface area contributed by atoms with E-state index in [-0.39, 0.29) is 0 Å². The van der Waals surface area contributed by atoms with E-state index in [0.29, 0.717) is 0 Å². The van der Waals surface area contributed by atoms with E-state index in [2.05, 4.69) is 29.6 Å². The molecule has 0 atom stereocenters. The Kier molecular flexibility index (Phi) is 4.27. The summed E-state index contributed by atoms with van der Waals surface area (Å²) in [7, 11) is 0. The summed E-state index contributed by atoms with van der Waals surface area (Å²) in [5, 5.41) is 3.44. The van der Waals surface area contributed by atoms with E-state index in [9.17, 15) is 0 Å². The molecule has 2 aliphatic rings. The second-order valence-corrected chi connectivity index (χ2v) is 6.89. The fourth-order valence-corrected chi connectivity index (χ4v) is 3.73. The van der Waals surface area contributed by atoms with Crippen molar-refractivity contribution in [3.8, 4) is 0 Å². The zero-order valence-electron chi connectivity index (χ0n) is 11.0. The summed E-state index contributed by atoms with van der Waals surface area (Å²) in [6, 6.07) is 9.33. The monoisotopic (exact) mass is 261 g/mol. The molecule has 1 saturated heterocycles. The Morgan fingerprint density at radius 3 is 2.33 bits per heavy atom. The van der Waals surface area contributed by atoms with Crippen LogP contribution in [0.15, 0.2) is 29.2 Å². The van der Waals surface area contributed by atoms with Crippen molar-refractivity contribution in [3.63, 3.8) is 0 Å². The van der Waals surface area contributed by atoms with Gasteiger partial charge in [0.1, 0.15) is 0 Å². The highest BCUT2D eigenvalue weighted by molar-refractivity contribution is 7.99. The van der Waals surface area contributed by atoms with Gasteiger partial charge in [0.15, 0.2) is 0 Å². The molecule has 3 rings (SSSR count). The van der Waals surface area contributed by atoms with Gasteiger partial charge in [0, 0.05) is 10.6 Å². The molecule has 18 heavy (non-hydrogen) atoms. The first kappa shape index (κ1) is 12.6. The Labute approximate surface area is 115 Å². The normalized spacial score (nSPS) is 21.1. The van der Waals surface area contributed by atoms with E-state index in [1.54, 1.807) is 0 Å². The number of rotatable bonds is 5. The van der Waals surface area contributed by atoms with Crippen LogP contribution in [0.5, 0.6) is 0 Å². The molecule has 98 valence electrons. The Hall–Kier alpha value is -0.470. The molecule has 1 saturated carbocycles. The van der Waals surface area contributed by atoms with E-state index in [1.807, 2.05) is 11.8 Å². The summed E-state index contributed by atoms with van der Waals surface area (Å²) in [5.41, 5.74) is 1.53. The van der Waals surface area contributed by atoms with Gasteiger partial charge >= 0.3 is 0 Å². The van der Waals surface area contributed by atoms with Crippen LogP contribution in [0.4, 0.5) is 0 Å². The molecule has 1 aliphatic heterocycles. The second kappa shape index (κ2) is 6.12. The van der Waals surface area contributed by atoms with E-state index in [0.717, 1.165) is 11.8 Å². The molecule has 1 aromatic carbocycles. The third-order valence-corrected chi connectivity index (χ3v) is 5.33. The third kappa shape index (κ3) is 3.76. The van der Waals surface area contributed by atoms with Crippen LogP contribution in [-0.2, 0) is 6.42 Å². The van der Waals surface area contributed by atoms with Crippen molar-refractivity contribution < 1.29 is 0 Å². The van der Waals surface area contributed by atoms with Gasteiger partial charge in [0.25, 0.3) is 0 Å². The fourth-order valence-electron chi connectivity index (χ4n) is 2.64. The molecule has 1 heterocycles. The second-order valence-electron chi connectivity index (χ2n) is 5.80. The topological polar surface area (TPSA) is 12.0 Å². The van der Waals surface area contributed by atoms with Gasteiger partial charge in [-0.1, -0.05) is 12.1 Å². The quantitative estimate of drug-likeness (QED) is 0.811. The largest absolute Gasteiger partial charge is 0.317 e. The maximum atomic E-state index is 3.44. The van der Waals surface area contributed by atoms with Crippen LogP contribution in [0.2, 0.25) is 0 Å². The molecule has 1 nitrogen and oxygen atoms in total. The Morgan fingerprint density at radius 1 is 0.944 bits per heavy atom. The van der Waals surface area contributed by atoms with Crippen LogP contribution in [0, 0.1) is 11.8 Å². The van der Waals surface area contributed by atoms with Crippen molar-refractivity contribution in [3.05, 3.63) is 29.8 Å². The van der Waals surface area contributed by atoms with Crippen molar-refractivity contribution >= 4 is 11.8 Å². The number of hydrogen-bond acceptors (Lipinski definition) is 2. The van der Waals surface area contributed by atoms with Gasteiger partial charge in [0.2, 0.25) is 0 Å². The molecule has 0 bridgehead atoms. The zero-order valence-corrected chi connectivity index (χ0v) is 11.8. The van der Waals surface area contributed by atoms with Gasteiger partial charge < -0.3 is 5.32 Å². The van der Waals surface area contributed by atoms with E-state index >= 15 is 0 Å². The highest BCUT2D eigenvalue weighted by Gasteiger charge is 2.21. The molecular formula is C16H23NS. The molecule has 0 amide bonds. The van der Waals surface area contributed by atoms with Gasteiger partial charge in [0.05, 0.1) is 0 Å². The number of nitrogens with one attached hydrogen (secondary N) is 1. The number of hydrogen-bond donors (Lipinski definition) is 1. The molecule has 2 fully saturated rings. The van der Waals surface area contributed by atoms with Crippen molar-refractivity contribution in [2.24, 2.45) is 11.8 Å². The summed E-state index contributed by atoms with van der Waals surface area (Å²) in [4.78, 5) is 1.45. The van der Waals surface area contributed by atoms with E-state index < -0.39 is 0 Å². The lowest BCUT2D eigenvalue weighted by molar-refractivity contribution is 0.372. The van der Waals surface area contributed by atoms with E-state index in [1.165, 1.54) is 61.4 Å². The van der Waals surface area contributed by atoms with E-state index in [4.69, 9.17) is 0 Å². The average molecular weight is 261 g/mol. The van der Waals surface area contributed by atoms with Crippen LogP contribution in [-0.4, -0.2) is 18.8 Å². The van der Waals surface area contributed by atoms with Crippen LogP contribution < -0.4 is 5.32 Å². The minimum Gasteiger partial charge on any atom is -0.317 e. The number of thioether (sulfide) groups is 1. The standard InChI is InChI=1S/C16H23NS/c1-2-15(1)12-18-16-5-3-13(4-6-16)11-14-7-9-17-10-8-14/h3-6,14-15,17H,1-2,7-12H2. The fraction of sp³-hybridized carbons (Fsp3) is 0.625. The van der Waals surface area contributed by atoms with Gasteiger partial charge in [-0.2, -0.15) is 0 Å². The van der Waals surface area contributed by atoms with Crippen molar-refractivity contribution in [2.75, 3.05) is 18.8 Å². The van der Waals surface area contributed by atoms with Crippen molar-refractivity contribution in [1.82, 2.24) is 5.32 Å². The lowest BCUT2D eigenvalue weighted by atomic mass is 9.91. The molecule has 1 aliphatic carbocycles. The molecule has 1 N–H and O–H groups in total. The van der Waals surface area contributed by atoms with Crippen molar-refractivity contribution in [1.29, 1.82) is 0 Å². The maximum Gasteiger partial charge on any atom is 0.00722 e. The van der Waals surface area contributed by atoms with Gasteiger partial charge in [-0.05, 0) is 74.7 Å². The molecule has 2 heteroatoms. The summed E-state index contributed by atoms with van der Waals surface area (Å²) >= 11 is 2.04. The number of benzene rings is 1. The predicted octanol–water partition coefficient (Wildman–Crippen LogP) is 3.73. The molecule has 0 radical (unpaired) electrons. The smallest absolute Gasteiger partial charge is 0.00722 e. The summed E-state index contributed by atoms with van der Waals surface area (Å²) in [5.74, 6) is 3.24. The molecule has 1 aromatic rings. The van der Waals surface area contributed by atoms with Crippen LogP contribution >= 0.6 is 11.8 Å². The lowest BCUT2D eigenvalue weighted by Gasteiger charge is -2.22. The Morgan fingerprint density at radius 2 is 1.67 bits per heavy atom. The predicted molar refractivity (Wildman–Crippen MR) is 79.2 cm³/mol. The highest BCUT2D eigenvalue weighted by Crippen LogP contribution is 2.35. The zero-order chi connectivity index (χ0) is 12.2. The van der Waals surface area contributed by atoms with Crippen LogP contribution in [0.3, 0.4) is 0 Å². The molecule has 0 spiro atoms. The Bertz CT molecular complexity index is 363. The van der Waals surface area contributed by atoms with Crippen molar-refractivity contribution in [2.45, 2.75) is 37.0 Å².